The molecule has 2 aliphatic heterocycles. The number of halogens is 1. The highest BCUT2D eigenvalue weighted by Gasteiger charge is 2.52. The zero-order valence-electron chi connectivity index (χ0n) is 17.2. The van der Waals surface area contributed by atoms with Gasteiger partial charge < -0.3 is 4.74 Å². The van der Waals surface area contributed by atoms with Crippen molar-refractivity contribution in [2.45, 2.75) is 49.8 Å². The Labute approximate surface area is 191 Å². The van der Waals surface area contributed by atoms with Crippen LogP contribution in [0.4, 0.5) is 0 Å². The first-order valence-electron chi connectivity index (χ1n) is 11.0. The number of ether oxygens (including phenoxy) is 1. The molecule has 0 saturated heterocycles. The van der Waals surface area contributed by atoms with Crippen molar-refractivity contribution in [2.24, 2.45) is 5.10 Å². The summed E-state index contributed by atoms with van der Waals surface area (Å²) in [4.78, 5) is 4.31. The molecule has 1 saturated carbocycles. The third kappa shape index (κ3) is 3.26. The summed E-state index contributed by atoms with van der Waals surface area (Å²) in [6.45, 7) is 0. The maximum absolute atomic E-state index is 6.78. The largest absolute Gasteiger partial charge is 0.466 e. The first-order valence-corrected chi connectivity index (χ1v) is 11.8. The number of hydrogen-bond acceptors (Lipinski definition) is 4. The van der Waals surface area contributed by atoms with Crippen LogP contribution in [0.25, 0.3) is 0 Å². The standard InChI is InChI=1S/C26H24BrN3O/c27-21-8-9-25-22(15-21)24-16-23(20-7-4-14-28-17-20)29-30(24)26(31-25)12-10-19(11-13-26)18-5-2-1-3-6-18/h1-9,14-15,17,19,24H,10-13,16H2. The number of hydrazone groups is 1. The molecule has 3 aromatic rings. The van der Waals surface area contributed by atoms with Gasteiger partial charge in [-0.3, -0.25) is 4.98 Å². The molecule has 0 amide bonds. The predicted molar refractivity (Wildman–Crippen MR) is 125 cm³/mol. The Bertz CT molecular complexity index is 1120. The predicted octanol–water partition coefficient (Wildman–Crippen LogP) is 6.44. The molecule has 5 heteroatoms. The van der Waals surface area contributed by atoms with E-state index in [-0.39, 0.29) is 11.8 Å². The lowest BCUT2D eigenvalue weighted by atomic mass is 9.78. The zero-order chi connectivity index (χ0) is 20.8. The number of rotatable bonds is 2. The highest BCUT2D eigenvalue weighted by atomic mass is 79.9. The second kappa shape index (κ2) is 7.49. The van der Waals surface area contributed by atoms with E-state index in [0.717, 1.165) is 53.6 Å². The summed E-state index contributed by atoms with van der Waals surface area (Å²) in [6, 6.07) is 21.6. The number of benzene rings is 2. The first kappa shape index (κ1) is 19.1. The molecule has 6 rings (SSSR count). The van der Waals surface area contributed by atoms with Crippen molar-refractivity contribution in [1.29, 1.82) is 0 Å². The zero-order valence-corrected chi connectivity index (χ0v) is 18.8. The van der Waals surface area contributed by atoms with Gasteiger partial charge in [0, 0.05) is 47.3 Å². The van der Waals surface area contributed by atoms with Gasteiger partial charge in [0.2, 0.25) is 0 Å². The van der Waals surface area contributed by atoms with Crippen LogP contribution in [0.1, 0.15) is 60.8 Å². The lowest BCUT2D eigenvalue weighted by Crippen LogP contribution is -2.55. The van der Waals surface area contributed by atoms with E-state index in [1.165, 1.54) is 11.1 Å². The van der Waals surface area contributed by atoms with Crippen LogP contribution in [0.3, 0.4) is 0 Å². The topological polar surface area (TPSA) is 37.7 Å². The van der Waals surface area contributed by atoms with Crippen LogP contribution < -0.4 is 4.74 Å². The van der Waals surface area contributed by atoms with Crippen LogP contribution in [0.5, 0.6) is 5.75 Å². The minimum absolute atomic E-state index is 0.199. The molecular weight excluding hydrogens is 450 g/mol. The van der Waals surface area contributed by atoms with E-state index in [4.69, 9.17) is 9.84 Å². The van der Waals surface area contributed by atoms with Gasteiger partial charge in [-0.1, -0.05) is 52.3 Å². The number of fused-ring (bicyclic) bond motifs is 4. The third-order valence-electron chi connectivity index (χ3n) is 6.99. The average molecular weight is 474 g/mol. The molecule has 3 aliphatic rings. The Kier molecular flexibility index (Phi) is 4.60. The Morgan fingerprint density at radius 2 is 1.84 bits per heavy atom. The van der Waals surface area contributed by atoms with Gasteiger partial charge in [-0.15, -0.1) is 0 Å². The van der Waals surface area contributed by atoms with Crippen LogP contribution in [-0.4, -0.2) is 21.4 Å². The Balaban J connectivity index is 1.36. The molecule has 1 spiro atoms. The van der Waals surface area contributed by atoms with Crippen molar-refractivity contribution in [1.82, 2.24) is 9.99 Å². The van der Waals surface area contributed by atoms with E-state index in [1.54, 1.807) is 0 Å². The monoisotopic (exact) mass is 473 g/mol. The minimum Gasteiger partial charge on any atom is -0.466 e. The summed E-state index contributed by atoms with van der Waals surface area (Å²) < 4.78 is 7.86. The molecule has 31 heavy (non-hydrogen) atoms. The molecule has 156 valence electrons. The molecule has 2 aromatic carbocycles. The summed E-state index contributed by atoms with van der Waals surface area (Å²) in [7, 11) is 0. The smallest absolute Gasteiger partial charge is 0.198 e. The van der Waals surface area contributed by atoms with Crippen LogP contribution in [-0.2, 0) is 0 Å². The van der Waals surface area contributed by atoms with Crippen LogP contribution in [0, 0.1) is 0 Å². The summed E-state index contributed by atoms with van der Waals surface area (Å²) in [5.74, 6) is 1.59. The van der Waals surface area contributed by atoms with Crippen molar-refractivity contribution < 1.29 is 4.74 Å². The maximum Gasteiger partial charge on any atom is 0.198 e. The summed E-state index contributed by atoms with van der Waals surface area (Å²) in [5.41, 5.74) is 4.48. The van der Waals surface area contributed by atoms with Gasteiger partial charge >= 0.3 is 0 Å². The van der Waals surface area contributed by atoms with Gasteiger partial charge in [-0.05, 0) is 48.6 Å². The van der Waals surface area contributed by atoms with Gasteiger partial charge in [0.15, 0.2) is 5.72 Å². The second-order valence-corrected chi connectivity index (χ2v) is 9.68. The lowest BCUT2D eigenvalue weighted by Gasteiger charge is -2.50. The second-order valence-electron chi connectivity index (χ2n) is 8.77. The van der Waals surface area contributed by atoms with Crippen LogP contribution >= 0.6 is 15.9 Å². The van der Waals surface area contributed by atoms with E-state index in [0.29, 0.717) is 5.92 Å². The molecule has 1 fully saturated rings. The number of hydrogen-bond donors (Lipinski definition) is 0. The van der Waals surface area contributed by atoms with E-state index in [2.05, 4.69) is 80.5 Å². The van der Waals surface area contributed by atoms with Crippen molar-refractivity contribution in [2.75, 3.05) is 0 Å². The van der Waals surface area contributed by atoms with Crippen LogP contribution in [0.2, 0.25) is 0 Å². The summed E-state index contributed by atoms with van der Waals surface area (Å²) >= 11 is 3.65. The van der Waals surface area contributed by atoms with Gasteiger partial charge in [0.25, 0.3) is 0 Å². The Hall–Kier alpha value is -2.66. The molecule has 0 N–H and O–H groups in total. The quantitative estimate of drug-likeness (QED) is 0.429. The molecule has 0 bridgehead atoms. The lowest BCUT2D eigenvalue weighted by molar-refractivity contribution is -0.142. The van der Waals surface area contributed by atoms with Gasteiger partial charge in [0.05, 0.1) is 11.8 Å². The van der Waals surface area contributed by atoms with Gasteiger partial charge in [0.1, 0.15) is 5.75 Å². The van der Waals surface area contributed by atoms with E-state index < -0.39 is 0 Å². The van der Waals surface area contributed by atoms with Crippen molar-refractivity contribution >= 4 is 21.6 Å². The molecular formula is C26H24BrN3O. The highest BCUT2D eigenvalue weighted by Crippen LogP contribution is 2.53. The fourth-order valence-electron chi connectivity index (χ4n) is 5.42. The van der Waals surface area contributed by atoms with Crippen molar-refractivity contribution in [3.63, 3.8) is 0 Å². The van der Waals surface area contributed by atoms with Crippen LogP contribution in [0.15, 0.2) is 82.6 Å². The molecule has 1 aliphatic carbocycles. The maximum atomic E-state index is 6.78. The van der Waals surface area contributed by atoms with E-state index >= 15 is 0 Å². The van der Waals surface area contributed by atoms with Crippen molar-refractivity contribution in [3.05, 3.63) is 94.2 Å². The molecule has 1 unspecified atom stereocenters. The Morgan fingerprint density at radius 3 is 2.61 bits per heavy atom. The van der Waals surface area contributed by atoms with E-state index in [9.17, 15) is 0 Å². The molecule has 3 heterocycles. The summed E-state index contributed by atoms with van der Waals surface area (Å²) in [6.07, 6.45) is 8.77. The van der Waals surface area contributed by atoms with E-state index in [1.807, 2.05) is 18.5 Å². The average Bonchev–Trinajstić information content (AvgIpc) is 3.29. The molecule has 4 nitrogen and oxygen atoms in total. The minimum atomic E-state index is -0.374. The van der Waals surface area contributed by atoms with Gasteiger partial charge in [-0.25, -0.2) is 5.01 Å². The molecule has 0 radical (unpaired) electrons. The number of nitrogens with zero attached hydrogens (tertiary/aromatic N) is 3. The fourth-order valence-corrected chi connectivity index (χ4v) is 5.80. The SMILES string of the molecule is Brc1ccc2c(c1)C1CC(c3cccnc3)=NN1C1(CCC(c3ccccc3)CC1)O2. The fraction of sp³-hybridized carbons (Fsp3) is 0.308. The number of pyridine rings is 1. The molecule has 1 aromatic heterocycles. The summed E-state index contributed by atoms with van der Waals surface area (Å²) in [5, 5.41) is 7.44. The first-order chi connectivity index (χ1) is 15.2. The van der Waals surface area contributed by atoms with Gasteiger partial charge in [-0.2, -0.15) is 5.10 Å². The number of aromatic nitrogens is 1. The normalized spacial score (nSPS) is 26.7. The Morgan fingerprint density at radius 1 is 1.00 bits per heavy atom. The molecule has 1 atom stereocenters. The highest BCUT2D eigenvalue weighted by molar-refractivity contribution is 9.10. The third-order valence-corrected chi connectivity index (χ3v) is 7.48. The van der Waals surface area contributed by atoms with Crippen molar-refractivity contribution in [3.8, 4) is 5.75 Å².